The van der Waals surface area contributed by atoms with Crippen molar-refractivity contribution in [2.45, 2.75) is 118 Å². The first-order chi connectivity index (χ1) is 17.6. The van der Waals surface area contributed by atoms with Crippen LogP contribution in [-0.2, 0) is 19.1 Å². The van der Waals surface area contributed by atoms with Crippen LogP contribution in [0.1, 0.15) is 106 Å². The van der Waals surface area contributed by atoms with Gasteiger partial charge in [0.15, 0.2) is 0 Å². The van der Waals surface area contributed by atoms with Crippen molar-refractivity contribution in [2.24, 2.45) is 40.4 Å². The molecular weight excluding hydrogens is 462 g/mol. The van der Waals surface area contributed by atoms with Crippen LogP contribution >= 0.6 is 0 Å². The SMILES string of the molecule is CCC(=O)O[C@@H]1CC[C@@]2(C)C(=CC[C@H]3[C@H]4C[C@H]5OC(CC[C@@H](C)CNC(C)=O)=C(C)[C@@H]5[C@@]4(C)CC[C@@H]32)C1. The molecule has 1 N–H and O–H groups in total. The zero-order valence-electron chi connectivity index (χ0n) is 24.0. The number of nitrogens with one attached hydrogen (secondary N) is 1. The molecule has 0 spiro atoms. The Morgan fingerprint density at radius 3 is 2.73 bits per heavy atom. The van der Waals surface area contributed by atoms with Crippen molar-refractivity contribution in [2.75, 3.05) is 6.54 Å². The summed E-state index contributed by atoms with van der Waals surface area (Å²) < 4.78 is 12.5. The molecule has 9 atom stereocenters. The fourth-order valence-electron chi connectivity index (χ4n) is 9.38. The van der Waals surface area contributed by atoms with Crippen molar-refractivity contribution in [3.05, 3.63) is 23.0 Å². The molecule has 1 heterocycles. The number of hydrogen-bond donors (Lipinski definition) is 1. The van der Waals surface area contributed by atoms with E-state index in [2.05, 4.69) is 39.1 Å². The van der Waals surface area contributed by atoms with Crippen LogP contribution in [0.15, 0.2) is 23.0 Å². The van der Waals surface area contributed by atoms with E-state index in [0.717, 1.165) is 56.4 Å². The van der Waals surface area contributed by atoms with Crippen molar-refractivity contribution in [3.8, 4) is 0 Å². The van der Waals surface area contributed by atoms with Gasteiger partial charge in [0.2, 0.25) is 5.91 Å². The summed E-state index contributed by atoms with van der Waals surface area (Å²) in [5.74, 6) is 4.45. The maximum Gasteiger partial charge on any atom is 0.305 e. The average Bonchev–Trinajstić information content (AvgIpc) is 3.34. The summed E-state index contributed by atoms with van der Waals surface area (Å²) in [6.45, 7) is 13.9. The van der Waals surface area contributed by atoms with Gasteiger partial charge in [0.25, 0.3) is 0 Å². The molecule has 1 amide bonds. The Hall–Kier alpha value is -1.78. The van der Waals surface area contributed by atoms with Gasteiger partial charge in [-0.05, 0) is 91.9 Å². The molecule has 0 unspecified atom stereocenters. The normalized spacial score (nSPS) is 41.0. The molecule has 5 rings (SSSR count). The summed E-state index contributed by atoms with van der Waals surface area (Å²) in [4.78, 5) is 23.2. The van der Waals surface area contributed by atoms with E-state index < -0.39 is 0 Å². The van der Waals surface area contributed by atoms with Crippen molar-refractivity contribution < 1.29 is 19.1 Å². The minimum atomic E-state index is -0.0567. The van der Waals surface area contributed by atoms with E-state index in [1.165, 1.54) is 37.0 Å². The molecule has 0 aromatic heterocycles. The Balaban J connectivity index is 1.28. The van der Waals surface area contributed by atoms with Crippen molar-refractivity contribution in [1.29, 1.82) is 0 Å². The van der Waals surface area contributed by atoms with Crippen molar-refractivity contribution in [1.82, 2.24) is 5.32 Å². The lowest BCUT2D eigenvalue weighted by molar-refractivity contribution is -0.151. The van der Waals surface area contributed by atoms with E-state index >= 15 is 0 Å². The second-order valence-corrected chi connectivity index (χ2v) is 13.6. The number of carbonyl (C=O) groups excluding carboxylic acids is 2. The molecule has 1 aliphatic heterocycles. The molecular formula is C32H49NO4. The van der Waals surface area contributed by atoms with Gasteiger partial charge in [-0.3, -0.25) is 9.59 Å². The molecule has 0 aromatic rings. The summed E-state index contributed by atoms with van der Waals surface area (Å²) in [7, 11) is 0. The first-order valence-corrected chi connectivity index (χ1v) is 15.1. The van der Waals surface area contributed by atoms with Crippen LogP contribution in [0.25, 0.3) is 0 Å². The van der Waals surface area contributed by atoms with Gasteiger partial charge in [0.1, 0.15) is 12.2 Å². The minimum absolute atomic E-state index is 0.0509. The highest BCUT2D eigenvalue weighted by Crippen LogP contribution is 2.69. The lowest BCUT2D eigenvalue weighted by atomic mass is 9.47. The van der Waals surface area contributed by atoms with Gasteiger partial charge in [-0.1, -0.05) is 39.3 Å². The van der Waals surface area contributed by atoms with Crippen LogP contribution in [0.3, 0.4) is 0 Å². The van der Waals surface area contributed by atoms with E-state index in [1.54, 1.807) is 12.5 Å². The third kappa shape index (κ3) is 4.67. The van der Waals surface area contributed by atoms with Crippen LogP contribution in [0.2, 0.25) is 0 Å². The van der Waals surface area contributed by atoms with E-state index in [-0.39, 0.29) is 23.4 Å². The lowest BCUT2D eigenvalue weighted by Crippen LogP contribution is -2.50. The first kappa shape index (κ1) is 26.8. The number of ether oxygens (including phenoxy) is 2. The van der Waals surface area contributed by atoms with Gasteiger partial charge in [-0.2, -0.15) is 0 Å². The largest absolute Gasteiger partial charge is 0.494 e. The fraction of sp³-hybridized carbons (Fsp3) is 0.812. The van der Waals surface area contributed by atoms with E-state index in [9.17, 15) is 9.59 Å². The summed E-state index contributed by atoms with van der Waals surface area (Å²) in [6, 6.07) is 0. The zero-order valence-corrected chi connectivity index (χ0v) is 24.0. The highest BCUT2D eigenvalue weighted by Gasteiger charge is 2.63. The van der Waals surface area contributed by atoms with E-state index in [0.29, 0.717) is 29.8 Å². The summed E-state index contributed by atoms with van der Waals surface area (Å²) in [5.41, 5.74) is 3.67. The molecule has 206 valence electrons. The molecule has 4 aliphatic carbocycles. The number of esters is 1. The third-order valence-electron chi connectivity index (χ3n) is 11.4. The second kappa shape index (κ2) is 10.1. The van der Waals surface area contributed by atoms with Crippen LogP contribution in [0.4, 0.5) is 0 Å². The number of amides is 1. The summed E-state index contributed by atoms with van der Waals surface area (Å²) >= 11 is 0. The monoisotopic (exact) mass is 511 g/mol. The zero-order chi connectivity index (χ0) is 26.5. The number of rotatable bonds is 7. The quantitative estimate of drug-likeness (QED) is 0.304. The Bertz CT molecular complexity index is 983. The van der Waals surface area contributed by atoms with Gasteiger partial charge >= 0.3 is 5.97 Å². The molecule has 0 saturated heterocycles. The lowest BCUT2D eigenvalue weighted by Gasteiger charge is -2.58. The number of fused-ring (bicyclic) bond motifs is 7. The molecule has 3 fully saturated rings. The number of allylic oxidation sites excluding steroid dienone is 2. The van der Waals surface area contributed by atoms with Crippen LogP contribution in [0.5, 0.6) is 0 Å². The number of carbonyl (C=O) groups is 2. The smallest absolute Gasteiger partial charge is 0.305 e. The van der Waals surface area contributed by atoms with Gasteiger partial charge in [-0.25, -0.2) is 0 Å². The standard InChI is InChI=1S/C32H49NO4/c1-7-29(35)36-23-12-14-31(5)22(16-23)9-10-24-25(31)13-15-32(6)26(24)17-28-30(32)20(3)27(37-28)11-8-19(2)18-33-21(4)34/h9,19,23-26,28,30H,7-8,10-18H2,1-6H3,(H,33,34)/t19-,23-,24-,25+,26-,28-,30+,31+,32+/m1/s1. The minimum Gasteiger partial charge on any atom is -0.494 e. The molecule has 5 heteroatoms. The van der Waals surface area contributed by atoms with Gasteiger partial charge < -0.3 is 14.8 Å². The maximum absolute atomic E-state index is 11.9. The highest BCUT2D eigenvalue weighted by molar-refractivity contribution is 5.72. The topological polar surface area (TPSA) is 64.6 Å². The fourth-order valence-corrected chi connectivity index (χ4v) is 9.38. The van der Waals surface area contributed by atoms with Gasteiger partial charge in [0, 0.05) is 38.6 Å². The van der Waals surface area contributed by atoms with Gasteiger partial charge in [0.05, 0.1) is 5.76 Å². The Morgan fingerprint density at radius 2 is 2.00 bits per heavy atom. The van der Waals surface area contributed by atoms with Gasteiger partial charge in [-0.15, -0.1) is 0 Å². The predicted octanol–water partition coefficient (Wildman–Crippen LogP) is 6.72. The maximum atomic E-state index is 11.9. The van der Waals surface area contributed by atoms with Crippen LogP contribution in [0, 0.1) is 40.4 Å². The molecule has 0 radical (unpaired) electrons. The molecule has 5 nitrogen and oxygen atoms in total. The molecule has 3 saturated carbocycles. The van der Waals surface area contributed by atoms with Crippen molar-refractivity contribution in [3.63, 3.8) is 0 Å². The summed E-state index contributed by atoms with van der Waals surface area (Å²) in [5, 5.41) is 2.96. The second-order valence-electron chi connectivity index (χ2n) is 13.6. The van der Waals surface area contributed by atoms with Crippen LogP contribution in [-0.4, -0.2) is 30.6 Å². The Morgan fingerprint density at radius 1 is 1.22 bits per heavy atom. The van der Waals surface area contributed by atoms with Crippen molar-refractivity contribution >= 4 is 11.9 Å². The number of hydrogen-bond acceptors (Lipinski definition) is 4. The predicted molar refractivity (Wildman–Crippen MR) is 145 cm³/mol. The average molecular weight is 512 g/mol. The molecule has 0 bridgehead atoms. The Kier molecular flexibility index (Phi) is 7.30. The first-order valence-electron chi connectivity index (χ1n) is 15.1. The van der Waals surface area contributed by atoms with E-state index in [1.807, 2.05) is 6.92 Å². The summed E-state index contributed by atoms with van der Waals surface area (Å²) in [6.07, 6.45) is 13.5. The van der Waals surface area contributed by atoms with E-state index in [4.69, 9.17) is 9.47 Å². The molecule has 5 aliphatic rings. The highest BCUT2D eigenvalue weighted by atomic mass is 16.5. The van der Waals surface area contributed by atoms with Crippen LogP contribution < -0.4 is 5.32 Å². The Labute approximate surface area is 224 Å². The molecule has 37 heavy (non-hydrogen) atoms. The molecule has 0 aromatic carbocycles. The third-order valence-corrected chi connectivity index (χ3v) is 11.4.